The van der Waals surface area contributed by atoms with Gasteiger partial charge < -0.3 is 5.11 Å². The van der Waals surface area contributed by atoms with Gasteiger partial charge in [0.25, 0.3) is 0 Å². The van der Waals surface area contributed by atoms with Crippen LogP contribution in [0.15, 0.2) is 28.3 Å². The van der Waals surface area contributed by atoms with Gasteiger partial charge in [-0.15, -0.1) is 0 Å². The van der Waals surface area contributed by atoms with E-state index in [0.717, 1.165) is 5.56 Å². The van der Waals surface area contributed by atoms with Crippen LogP contribution in [0, 0.1) is 0 Å². The highest BCUT2D eigenvalue weighted by molar-refractivity contribution is 14.1. The predicted octanol–water partition coefficient (Wildman–Crippen LogP) is 2.80. The molecule has 1 aromatic carbocycles. The van der Waals surface area contributed by atoms with Gasteiger partial charge in [0, 0.05) is 0 Å². The van der Waals surface area contributed by atoms with Crippen molar-refractivity contribution in [3.05, 3.63) is 33.9 Å². The molecule has 0 aliphatic carbocycles. The Balaban J connectivity index is 2.89. The molecule has 2 heteroatoms. The molecule has 1 N–H and O–H groups in total. The quantitative estimate of drug-likeness (QED) is 0.755. The summed E-state index contributed by atoms with van der Waals surface area (Å²) < 4.78 is 1.93. The Morgan fingerprint density at radius 3 is 2.30 bits per heavy atom. The number of benzene rings is 1. The largest absolute Gasteiger partial charge is 0.508 e. The molecule has 0 fully saturated rings. The highest BCUT2D eigenvalue weighted by Crippen LogP contribution is 2.10. The van der Waals surface area contributed by atoms with Gasteiger partial charge in [-0.1, -0.05) is 34.7 Å². The number of aromatic hydroxyl groups is 1. The summed E-state index contributed by atoms with van der Waals surface area (Å²) in [5.41, 5.74) is 1.10. The molecule has 0 radical (unpaired) electrons. The van der Waals surface area contributed by atoms with E-state index >= 15 is 0 Å². The van der Waals surface area contributed by atoms with Crippen LogP contribution in [0.2, 0.25) is 0 Å². The fourth-order valence-corrected chi connectivity index (χ4v) is 1.07. The monoisotopic (exact) mass is 246 g/mol. The molecule has 0 heterocycles. The summed E-state index contributed by atoms with van der Waals surface area (Å²) in [7, 11) is 0. The van der Waals surface area contributed by atoms with Crippen LogP contribution in [0.3, 0.4) is 0 Å². The van der Waals surface area contributed by atoms with Crippen molar-refractivity contribution in [1.29, 1.82) is 0 Å². The molecule has 0 spiro atoms. The first-order chi connectivity index (χ1) is 4.83. The molecule has 1 aromatic rings. The van der Waals surface area contributed by atoms with Gasteiger partial charge >= 0.3 is 0 Å². The van der Waals surface area contributed by atoms with Crippen molar-refractivity contribution in [2.24, 2.45) is 0 Å². The average molecular weight is 246 g/mol. The van der Waals surface area contributed by atoms with Gasteiger partial charge in [-0.05, 0) is 27.9 Å². The van der Waals surface area contributed by atoms with Crippen LogP contribution in [0.25, 0.3) is 6.08 Å². The molecule has 52 valence electrons. The van der Waals surface area contributed by atoms with Crippen molar-refractivity contribution in [2.75, 3.05) is 0 Å². The molecular weight excluding hydrogens is 239 g/mol. The molecule has 0 aromatic heterocycles. The molecule has 0 bridgehead atoms. The van der Waals surface area contributed by atoms with Crippen molar-refractivity contribution in [1.82, 2.24) is 0 Å². The van der Waals surface area contributed by atoms with Gasteiger partial charge in [0.15, 0.2) is 0 Å². The number of phenols is 1. The summed E-state index contributed by atoms with van der Waals surface area (Å²) in [5, 5.41) is 8.90. The van der Waals surface area contributed by atoms with E-state index in [1.807, 2.05) is 22.3 Å². The first-order valence-electron chi connectivity index (χ1n) is 2.89. The Kier molecular flexibility index (Phi) is 2.74. The minimum Gasteiger partial charge on any atom is -0.508 e. The molecule has 0 aliphatic heterocycles. The van der Waals surface area contributed by atoms with Crippen LogP contribution in [0.5, 0.6) is 5.75 Å². The second-order valence-corrected chi connectivity index (χ2v) is 2.60. The first-order valence-corrected chi connectivity index (χ1v) is 4.13. The van der Waals surface area contributed by atoms with Crippen LogP contribution >= 0.6 is 22.6 Å². The summed E-state index contributed by atoms with van der Waals surface area (Å²) in [6.45, 7) is 0. The third kappa shape index (κ3) is 2.02. The highest BCUT2D eigenvalue weighted by Gasteiger charge is 1.85. The topological polar surface area (TPSA) is 20.2 Å². The minimum absolute atomic E-state index is 0.311. The van der Waals surface area contributed by atoms with E-state index in [0.29, 0.717) is 5.75 Å². The Morgan fingerprint density at radius 2 is 1.80 bits per heavy atom. The normalized spacial score (nSPS) is 10.5. The van der Waals surface area contributed by atoms with Gasteiger partial charge in [-0.2, -0.15) is 0 Å². The van der Waals surface area contributed by atoms with Crippen molar-refractivity contribution < 1.29 is 5.11 Å². The Labute approximate surface area is 73.5 Å². The molecule has 0 atom stereocenters. The van der Waals surface area contributed by atoms with Crippen LogP contribution in [-0.4, -0.2) is 5.11 Å². The van der Waals surface area contributed by atoms with E-state index in [9.17, 15) is 0 Å². The van der Waals surface area contributed by atoms with Crippen LogP contribution in [0.4, 0.5) is 0 Å². The van der Waals surface area contributed by atoms with Crippen LogP contribution in [0.1, 0.15) is 5.56 Å². The lowest BCUT2D eigenvalue weighted by Crippen LogP contribution is -1.67. The number of phenolic OH excluding ortho intramolecular Hbond substituents is 1. The van der Waals surface area contributed by atoms with Gasteiger partial charge in [-0.3, -0.25) is 0 Å². The molecule has 0 unspecified atom stereocenters. The van der Waals surface area contributed by atoms with E-state index in [1.54, 1.807) is 12.1 Å². The standard InChI is InChI=1S/C8H7IO/c9-6-5-7-1-3-8(10)4-2-7/h1-6,10H. The van der Waals surface area contributed by atoms with Gasteiger partial charge in [0.05, 0.1) is 0 Å². The van der Waals surface area contributed by atoms with E-state index < -0.39 is 0 Å². The maximum absolute atomic E-state index is 8.90. The Bertz CT molecular complexity index is 226. The average Bonchev–Trinajstić information content (AvgIpc) is 1.95. The molecule has 0 aliphatic rings. The molecule has 0 saturated heterocycles. The Morgan fingerprint density at radius 1 is 1.20 bits per heavy atom. The Hall–Kier alpha value is -0.510. The third-order valence-corrected chi connectivity index (χ3v) is 1.51. The van der Waals surface area contributed by atoms with Crippen molar-refractivity contribution >= 4 is 28.7 Å². The zero-order chi connectivity index (χ0) is 7.40. The van der Waals surface area contributed by atoms with E-state index in [2.05, 4.69) is 22.6 Å². The maximum atomic E-state index is 8.90. The van der Waals surface area contributed by atoms with E-state index in [1.165, 1.54) is 0 Å². The number of halogens is 1. The van der Waals surface area contributed by atoms with Gasteiger partial charge in [-0.25, -0.2) is 0 Å². The molecule has 1 nitrogen and oxygen atoms in total. The molecular formula is C8H7IO. The van der Waals surface area contributed by atoms with Gasteiger partial charge in [0.2, 0.25) is 0 Å². The highest BCUT2D eigenvalue weighted by atomic mass is 127. The fraction of sp³-hybridized carbons (Fsp3) is 0. The lowest BCUT2D eigenvalue weighted by atomic mass is 10.2. The third-order valence-electron chi connectivity index (χ3n) is 1.15. The smallest absolute Gasteiger partial charge is 0.115 e. The lowest BCUT2D eigenvalue weighted by molar-refractivity contribution is 0.475. The maximum Gasteiger partial charge on any atom is 0.115 e. The second-order valence-electron chi connectivity index (χ2n) is 1.88. The van der Waals surface area contributed by atoms with E-state index in [-0.39, 0.29) is 0 Å². The summed E-state index contributed by atoms with van der Waals surface area (Å²) in [5.74, 6) is 0.311. The molecule has 10 heavy (non-hydrogen) atoms. The summed E-state index contributed by atoms with van der Waals surface area (Å²) in [6, 6.07) is 7.08. The van der Waals surface area contributed by atoms with Crippen molar-refractivity contribution in [3.8, 4) is 5.75 Å². The summed E-state index contributed by atoms with van der Waals surface area (Å²) >= 11 is 2.16. The molecule has 0 amide bonds. The summed E-state index contributed by atoms with van der Waals surface area (Å²) in [4.78, 5) is 0. The number of hydrogen-bond acceptors (Lipinski definition) is 1. The number of rotatable bonds is 1. The summed E-state index contributed by atoms with van der Waals surface area (Å²) in [6.07, 6.45) is 1.97. The second kappa shape index (κ2) is 3.61. The predicted molar refractivity (Wildman–Crippen MR) is 51.2 cm³/mol. The van der Waals surface area contributed by atoms with Crippen molar-refractivity contribution in [3.63, 3.8) is 0 Å². The van der Waals surface area contributed by atoms with Gasteiger partial charge in [0.1, 0.15) is 5.75 Å². The minimum atomic E-state index is 0.311. The number of hydrogen-bond donors (Lipinski definition) is 1. The van der Waals surface area contributed by atoms with E-state index in [4.69, 9.17) is 5.11 Å². The molecule has 0 saturated carbocycles. The zero-order valence-electron chi connectivity index (χ0n) is 5.29. The SMILES string of the molecule is Oc1ccc(C=CI)cc1. The fourth-order valence-electron chi connectivity index (χ4n) is 0.658. The lowest BCUT2D eigenvalue weighted by Gasteiger charge is -1.91. The van der Waals surface area contributed by atoms with Crippen molar-refractivity contribution in [2.45, 2.75) is 0 Å². The van der Waals surface area contributed by atoms with Crippen LogP contribution in [-0.2, 0) is 0 Å². The molecule has 1 rings (SSSR count). The first kappa shape index (κ1) is 7.60. The van der Waals surface area contributed by atoms with Crippen LogP contribution < -0.4 is 0 Å². The zero-order valence-corrected chi connectivity index (χ0v) is 7.45.